The number of hydrogen-bond acceptors (Lipinski definition) is 3. The van der Waals surface area contributed by atoms with Gasteiger partial charge in [0.2, 0.25) is 0 Å². The predicted octanol–water partition coefficient (Wildman–Crippen LogP) is 3.06. The Kier molecular flexibility index (Phi) is 6.66. The van der Waals surface area contributed by atoms with E-state index in [-0.39, 0.29) is 17.4 Å². The molecular formula is C14H25NO2. The number of rotatable bonds is 3. The number of phenols is 2. The van der Waals surface area contributed by atoms with Gasteiger partial charge < -0.3 is 15.9 Å². The second kappa shape index (κ2) is 7.17. The Morgan fingerprint density at radius 3 is 2.12 bits per heavy atom. The van der Waals surface area contributed by atoms with Crippen LogP contribution in [0, 0.1) is 6.92 Å². The third kappa shape index (κ3) is 3.63. The lowest BCUT2D eigenvalue weighted by atomic mass is 9.92. The van der Waals surface area contributed by atoms with Gasteiger partial charge in [0.05, 0.1) is 0 Å². The van der Waals surface area contributed by atoms with Crippen LogP contribution in [0.5, 0.6) is 11.5 Å². The molecule has 98 valence electrons. The zero-order valence-electron chi connectivity index (χ0n) is 11.5. The van der Waals surface area contributed by atoms with Gasteiger partial charge in [-0.2, -0.15) is 0 Å². The van der Waals surface area contributed by atoms with Gasteiger partial charge in [-0.1, -0.05) is 33.8 Å². The normalized spacial score (nSPS) is 10.1. The van der Waals surface area contributed by atoms with Gasteiger partial charge in [0, 0.05) is 5.56 Å². The SMILES string of the molecule is CC.Cc1cc(CCN)c(C(C)C)c(O)c1O. The van der Waals surface area contributed by atoms with Crippen LogP contribution in [-0.2, 0) is 6.42 Å². The standard InChI is InChI=1S/C12H19NO2.C2H6/c1-7(2)10-9(4-5-13)6-8(3)11(14)12(10)15;1-2/h6-7,14-15H,4-5,13H2,1-3H3;1-2H3. The van der Waals surface area contributed by atoms with Gasteiger partial charge in [-0.15, -0.1) is 0 Å². The monoisotopic (exact) mass is 239 g/mol. The quantitative estimate of drug-likeness (QED) is 0.710. The van der Waals surface area contributed by atoms with Crippen LogP contribution in [0.2, 0.25) is 0 Å². The predicted molar refractivity (Wildman–Crippen MR) is 72.7 cm³/mol. The van der Waals surface area contributed by atoms with Gasteiger partial charge >= 0.3 is 0 Å². The highest BCUT2D eigenvalue weighted by Crippen LogP contribution is 2.39. The topological polar surface area (TPSA) is 66.5 Å². The summed E-state index contributed by atoms with van der Waals surface area (Å²) in [6, 6.07) is 1.90. The van der Waals surface area contributed by atoms with Crippen molar-refractivity contribution >= 4 is 0 Å². The molecule has 4 N–H and O–H groups in total. The third-order valence-corrected chi connectivity index (χ3v) is 2.58. The first-order chi connectivity index (χ1) is 7.99. The number of hydrogen-bond donors (Lipinski definition) is 3. The number of aromatic hydroxyl groups is 2. The van der Waals surface area contributed by atoms with Crippen molar-refractivity contribution in [2.24, 2.45) is 5.73 Å². The number of aryl methyl sites for hydroxylation is 1. The van der Waals surface area contributed by atoms with Crippen LogP contribution in [0.25, 0.3) is 0 Å². The summed E-state index contributed by atoms with van der Waals surface area (Å²) in [5, 5.41) is 19.5. The molecule has 0 bridgehead atoms. The first kappa shape index (κ1) is 15.8. The summed E-state index contributed by atoms with van der Waals surface area (Å²) in [6.45, 7) is 10.3. The van der Waals surface area contributed by atoms with Crippen molar-refractivity contribution in [2.75, 3.05) is 6.54 Å². The molecule has 0 heterocycles. The Morgan fingerprint density at radius 2 is 1.71 bits per heavy atom. The molecule has 1 rings (SSSR count). The van der Waals surface area contributed by atoms with Gasteiger partial charge in [0.1, 0.15) is 0 Å². The van der Waals surface area contributed by atoms with E-state index in [9.17, 15) is 10.2 Å². The molecule has 0 amide bonds. The highest BCUT2D eigenvalue weighted by atomic mass is 16.3. The van der Waals surface area contributed by atoms with Crippen LogP contribution in [-0.4, -0.2) is 16.8 Å². The minimum atomic E-state index is -0.0144. The van der Waals surface area contributed by atoms with Crippen LogP contribution in [0.4, 0.5) is 0 Å². The molecule has 0 aliphatic rings. The van der Waals surface area contributed by atoms with Gasteiger partial charge in [-0.05, 0) is 36.9 Å². The van der Waals surface area contributed by atoms with E-state index in [1.807, 2.05) is 33.8 Å². The van der Waals surface area contributed by atoms with E-state index >= 15 is 0 Å². The van der Waals surface area contributed by atoms with Crippen molar-refractivity contribution in [1.82, 2.24) is 0 Å². The maximum Gasteiger partial charge on any atom is 0.161 e. The van der Waals surface area contributed by atoms with Crippen LogP contribution in [0.3, 0.4) is 0 Å². The first-order valence-electron chi connectivity index (χ1n) is 6.23. The summed E-state index contributed by atoms with van der Waals surface area (Å²) in [5.41, 5.74) is 8.06. The van der Waals surface area contributed by atoms with Crippen LogP contribution >= 0.6 is 0 Å². The molecule has 3 heteroatoms. The highest BCUT2D eigenvalue weighted by molar-refractivity contribution is 5.54. The van der Waals surface area contributed by atoms with Crippen LogP contribution in [0.1, 0.15) is 50.3 Å². The first-order valence-corrected chi connectivity index (χ1v) is 6.23. The zero-order valence-corrected chi connectivity index (χ0v) is 11.5. The average molecular weight is 239 g/mol. The van der Waals surface area contributed by atoms with Gasteiger partial charge in [-0.25, -0.2) is 0 Å². The molecule has 0 aliphatic heterocycles. The Morgan fingerprint density at radius 1 is 1.18 bits per heavy atom. The van der Waals surface area contributed by atoms with E-state index < -0.39 is 0 Å². The van der Waals surface area contributed by atoms with E-state index in [0.717, 1.165) is 17.5 Å². The molecule has 3 nitrogen and oxygen atoms in total. The van der Waals surface area contributed by atoms with Crippen molar-refractivity contribution in [3.05, 3.63) is 22.8 Å². The molecule has 0 radical (unpaired) electrons. The smallest absolute Gasteiger partial charge is 0.161 e. The Hall–Kier alpha value is -1.22. The maximum atomic E-state index is 9.87. The van der Waals surface area contributed by atoms with E-state index in [1.54, 1.807) is 6.92 Å². The van der Waals surface area contributed by atoms with Crippen molar-refractivity contribution in [2.45, 2.75) is 47.0 Å². The Bertz CT molecular complexity index is 360. The number of benzene rings is 1. The van der Waals surface area contributed by atoms with Crippen LogP contribution in [0.15, 0.2) is 6.07 Å². The lowest BCUT2D eigenvalue weighted by Crippen LogP contribution is -2.07. The van der Waals surface area contributed by atoms with E-state index in [2.05, 4.69) is 0 Å². The molecule has 0 saturated heterocycles. The average Bonchev–Trinajstić information content (AvgIpc) is 2.29. The Balaban J connectivity index is 0.00000121. The molecule has 1 aromatic rings. The fourth-order valence-corrected chi connectivity index (χ4v) is 1.88. The molecule has 17 heavy (non-hydrogen) atoms. The second-order valence-electron chi connectivity index (χ2n) is 4.16. The second-order valence-corrected chi connectivity index (χ2v) is 4.16. The van der Waals surface area contributed by atoms with Crippen molar-refractivity contribution in [1.29, 1.82) is 0 Å². The fourth-order valence-electron chi connectivity index (χ4n) is 1.88. The molecule has 1 aromatic carbocycles. The molecule has 0 unspecified atom stereocenters. The highest BCUT2D eigenvalue weighted by Gasteiger charge is 2.16. The molecule has 0 atom stereocenters. The summed E-state index contributed by atoms with van der Waals surface area (Å²) in [7, 11) is 0. The largest absolute Gasteiger partial charge is 0.504 e. The molecular weight excluding hydrogens is 214 g/mol. The summed E-state index contributed by atoms with van der Waals surface area (Å²) >= 11 is 0. The Labute approximate surface area is 104 Å². The van der Waals surface area contributed by atoms with E-state index in [0.29, 0.717) is 12.1 Å². The summed E-state index contributed by atoms with van der Waals surface area (Å²) < 4.78 is 0. The number of nitrogens with two attached hydrogens (primary N) is 1. The van der Waals surface area contributed by atoms with Crippen molar-refractivity contribution < 1.29 is 10.2 Å². The van der Waals surface area contributed by atoms with Crippen LogP contribution < -0.4 is 5.73 Å². The summed E-state index contributed by atoms with van der Waals surface area (Å²) in [5.74, 6) is 0.172. The molecule has 0 spiro atoms. The summed E-state index contributed by atoms with van der Waals surface area (Å²) in [4.78, 5) is 0. The molecule has 0 saturated carbocycles. The lowest BCUT2D eigenvalue weighted by Gasteiger charge is -2.16. The minimum Gasteiger partial charge on any atom is -0.504 e. The number of phenolic OH excluding ortho intramolecular Hbond substituents is 2. The van der Waals surface area contributed by atoms with Crippen molar-refractivity contribution in [3.63, 3.8) is 0 Å². The van der Waals surface area contributed by atoms with Gasteiger partial charge in [-0.3, -0.25) is 0 Å². The maximum absolute atomic E-state index is 9.87. The summed E-state index contributed by atoms with van der Waals surface area (Å²) in [6.07, 6.45) is 0.724. The van der Waals surface area contributed by atoms with Crippen molar-refractivity contribution in [3.8, 4) is 11.5 Å². The third-order valence-electron chi connectivity index (χ3n) is 2.58. The zero-order chi connectivity index (χ0) is 13.6. The van der Waals surface area contributed by atoms with Gasteiger partial charge in [0.15, 0.2) is 11.5 Å². The molecule has 0 aliphatic carbocycles. The molecule has 0 fully saturated rings. The van der Waals surface area contributed by atoms with Gasteiger partial charge in [0.25, 0.3) is 0 Å². The lowest BCUT2D eigenvalue weighted by molar-refractivity contribution is 0.394. The fraction of sp³-hybridized carbons (Fsp3) is 0.571. The van der Waals surface area contributed by atoms with E-state index in [1.165, 1.54) is 0 Å². The minimum absolute atomic E-state index is 0.00782. The van der Waals surface area contributed by atoms with E-state index in [4.69, 9.17) is 5.73 Å². The molecule has 0 aromatic heterocycles.